The highest BCUT2D eigenvalue weighted by Crippen LogP contribution is 2.14. The molecular formula is C18H29N3O3. The Hall–Kier alpha value is -1.79. The van der Waals surface area contributed by atoms with Gasteiger partial charge in [-0.15, -0.1) is 0 Å². The third kappa shape index (κ3) is 6.37. The molecule has 0 spiro atoms. The summed E-state index contributed by atoms with van der Waals surface area (Å²) in [5.74, 6) is 0. The molecule has 134 valence electrons. The number of hydrogen-bond donors (Lipinski definition) is 2. The van der Waals surface area contributed by atoms with Crippen LogP contribution < -0.4 is 11.1 Å². The zero-order valence-corrected chi connectivity index (χ0v) is 14.9. The Balaban J connectivity index is 1.98. The van der Waals surface area contributed by atoms with E-state index < -0.39 is 5.60 Å². The average Bonchev–Trinajstić information content (AvgIpc) is 2.50. The van der Waals surface area contributed by atoms with Crippen molar-refractivity contribution in [1.29, 1.82) is 0 Å². The van der Waals surface area contributed by atoms with Crippen LogP contribution in [0.4, 0.5) is 10.5 Å². The first-order valence-electron chi connectivity index (χ1n) is 8.46. The first-order valence-corrected chi connectivity index (χ1v) is 8.46. The van der Waals surface area contributed by atoms with Gasteiger partial charge in [0.15, 0.2) is 0 Å². The van der Waals surface area contributed by atoms with Crippen molar-refractivity contribution in [1.82, 2.24) is 10.2 Å². The monoisotopic (exact) mass is 335 g/mol. The highest BCUT2D eigenvalue weighted by atomic mass is 16.6. The van der Waals surface area contributed by atoms with Crippen LogP contribution in [0.5, 0.6) is 0 Å². The predicted molar refractivity (Wildman–Crippen MR) is 95.0 cm³/mol. The summed E-state index contributed by atoms with van der Waals surface area (Å²) < 4.78 is 10.8. The number of nitrogens with two attached hydrogens (primary N) is 1. The molecule has 6 nitrogen and oxygen atoms in total. The minimum atomic E-state index is -0.494. The number of rotatable bonds is 5. The molecule has 3 N–H and O–H groups in total. The first-order chi connectivity index (χ1) is 11.3. The standard InChI is InChI=1S/C18H29N3O3/c1-18(2,3)24-17(22)20-13-16(21-7-9-23-10-8-21)12-14-5-4-6-15(19)11-14/h4-6,11,16H,7-10,12-13,19H2,1-3H3,(H,20,22). The number of carbonyl (C=O) groups is 1. The van der Waals surface area contributed by atoms with E-state index in [1.165, 1.54) is 0 Å². The summed E-state index contributed by atoms with van der Waals surface area (Å²) in [5.41, 5.74) is 7.31. The van der Waals surface area contributed by atoms with Crippen molar-refractivity contribution in [3.05, 3.63) is 29.8 Å². The molecule has 0 bridgehead atoms. The second-order valence-electron chi connectivity index (χ2n) is 7.13. The maximum atomic E-state index is 12.0. The molecule has 1 amide bonds. The van der Waals surface area contributed by atoms with Gasteiger partial charge in [0.2, 0.25) is 0 Å². The molecule has 2 rings (SSSR count). The number of morpholine rings is 1. The number of nitrogen functional groups attached to an aromatic ring is 1. The summed E-state index contributed by atoms with van der Waals surface area (Å²) in [4.78, 5) is 14.3. The maximum absolute atomic E-state index is 12.0. The molecule has 6 heteroatoms. The Labute approximate surface area is 144 Å². The van der Waals surface area contributed by atoms with Crippen LogP contribution in [0.2, 0.25) is 0 Å². The van der Waals surface area contributed by atoms with Crippen molar-refractivity contribution >= 4 is 11.8 Å². The third-order valence-electron chi connectivity index (χ3n) is 3.87. The average molecular weight is 335 g/mol. The smallest absolute Gasteiger partial charge is 0.407 e. The fourth-order valence-electron chi connectivity index (χ4n) is 2.78. The molecule has 24 heavy (non-hydrogen) atoms. The van der Waals surface area contributed by atoms with Crippen molar-refractivity contribution in [2.75, 3.05) is 38.6 Å². The van der Waals surface area contributed by atoms with E-state index in [-0.39, 0.29) is 12.1 Å². The third-order valence-corrected chi connectivity index (χ3v) is 3.87. The highest BCUT2D eigenvalue weighted by Gasteiger charge is 2.23. The van der Waals surface area contributed by atoms with Gasteiger partial charge in [0.05, 0.1) is 13.2 Å². The summed E-state index contributed by atoms with van der Waals surface area (Å²) in [6.07, 6.45) is 0.439. The SMILES string of the molecule is CC(C)(C)OC(=O)NCC(Cc1cccc(N)c1)N1CCOCC1. The van der Waals surface area contributed by atoms with Gasteiger partial charge in [0, 0.05) is 31.4 Å². The van der Waals surface area contributed by atoms with E-state index in [4.69, 9.17) is 15.2 Å². The molecule has 0 aromatic heterocycles. The van der Waals surface area contributed by atoms with Crippen molar-refractivity contribution in [3.8, 4) is 0 Å². The van der Waals surface area contributed by atoms with Crippen LogP contribution in [0.3, 0.4) is 0 Å². The lowest BCUT2D eigenvalue weighted by Gasteiger charge is -2.35. The molecule has 0 saturated carbocycles. The molecule has 1 saturated heterocycles. The summed E-state index contributed by atoms with van der Waals surface area (Å²) in [6.45, 7) is 9.28. The zero-order chi connectivity index (χ0) is 17.6. The lowest BCUT2D eigenvalue weighted by Crippen LogP contribution is -2.50. The van der Waals surface area contributed by atoms with E-state index in [2.05, 4.69) is 16.3 Å². The number of ether oxygens (including phenoxy) is 2. The first kappa shape index (κ1) is 18.5. The molecule has 1 unspecified atom stereocenters. The second-order valence-corrected chi connectivity index (χ2v) is 7.13. The minimum Gasteiger partial charge on any atom is -0.444 e. The largest absolute Gasteiger partial charge is 0.444 e. The highest BCUT2D eigenvalue weighted by molar-refractivity contribution is 5.67. The Morgan fingerprint density at radius 2 is 2.08 bits per heavy atom. The number of nitrogens with one attached hydrogen (secondary N) is 1. The van der Waals surface area contributed by atoms with Gasteiger partial charge in [-0.2, -0.15) is 0 Å². The fourth-order valence-corrected chi connectivity index (χ4v) is 2.78. The molecule has 1 aliphatic rings. The van der Waals surface area contributed by atoms with Crippen molar-refractivity contribution < 1.29 is 14.3 Å². The molecule has 1 heterocycles. The summed E-state index contributed by atoms with van der Waals surface area (Å²) >= 11 is 0. The van der Waals surface area contributed by atoms with Crippen LogP contribution in [0.25, 0.3) is 0 Å². The summed E-state index contributed by atoms with van der Waals surface area (Å²) in [6, 6.07) is 8.08. The number of alkyl carbamates (subject to hydrolysis) is 1. The molecule has 1 aliphatic heterocycles. The van der Waals surface area contributed by atoms with Gasteiger partial charge in [-0.05, 0) is 44.9 Å². The van der Waals surface area contributed by atoms with Gasteiger partial charge in [-0.25, -0.2) is 4.79 Å². The van der Waals surface area contributed by atoms with Crippen LogP contribution in [-0.2, 0) is 15.9 Å². The topological polar surface area (TPSA) is 76.8 Å². The predicted octanol–water partition coefficient (Wildman–Crippen LogP) is 2.04. The maximum Gasteiger partial charge on any atom is 0.407 e. The Bertz CT molecular complexity index is 537. The Morgan fingerprint density at radius 3 is 2.71 bits per heavy atom. The van der Waals surface area contributed by atoms with E-state index in [1.54, 1.807) is 0 Å². The number of benzene rings is 1. The van der Waals surface area contributed by atoms with Gasteiger partial charge >= 0.3 is 6.09 Å². The number of anilines is 1. The fraction of sp³-hybridized carbons (Fsp3) is 0.611. The Kier molecular flexibility index (Phi) is 6.45. The van der Waals surface area contributed by atoms with E-state index in [1.807, 2.05) is 39.0 Å². The van der Waals surface area contributed by atoms with Crippen molar-refractivity contribution in [2.45, 2.75) is 38.8 Å². The van der Waals surface area contributed by atoms with Gasteiger partial charge in [-0.1, -0.05) is 12.1 Å². The van der Waals surface area contributed by atoms with Crippen molar-refractivity contribution in [3.63, 3.8) is 0 Å². The van der Waals surface area contributed by atoms with E-state index >= 15 is 0 Å². The minimum absolute atomic E-state index is 0.184. The van der Waals surface area contributed by atoms with Gasteiger partial charge in [0.1, 0.15) is 5.60 Å². The molecule has 1 atom stereocenters. The number of nitrogens with zero attached hydrogens (tertiary/aromatic N) is 1. The molecule has 1 aromatic rings. The van der Waals surface area contributed by atoms with Crippen molar-refractivity contribution in [2.24, 2.45) is 0 Å². The number of amides is 1. The molecule has 1 aromatic carbocycles. The van der Waals surface area contributed by atoms with E-state index in [0.717, 1.165) is 44.0 Å². The molecular weight excluding hydrogens is 306 g/mol. The van der Waals surface area contributed by atoms with Crippen LogP contribution >= 0.6 is 0 Å². The number of carbonyl (C=O) groups excluding carboxylic acids is 1. The van der Waals surface area contributed by atoms with Crippen LogP contribution in [0.15, 0.2) is 24.3 Å². The van der Waals surface area contributed by atoms with Crippen LogP contribution in [-0.4, -0.2) is 55.5 Å². The Morgan fingerprint density at radius 1 is 1.38 bits per heavy atom. The van der Waals surface area contributed by atoms with Gasteiger partial charge in [-0.3, -0.25) is 4.90 Å². The van der Waals surface area contributed by atoms with E-state index in [0.29, 0.717) is 6.54 Å². The zero-order valence-electron chi connectivity index (χ0n) is 14.9. The normalized spacial score (nSPS) is 17.3. The van der Waals surface area contributed by atoms with E-state index in [9.17, 15) is 4.79 Å². The molecule has 0 aliphatic carbocycles. The summed E-state index contributed by atoms with van der Waals surface area (Å²) in [7, 11) is 0. The quantitative estimate of drug-likeness (QED) is 0.805. The lowest BCUT2D eigenvalue weighted by atomic mass is 10.0. The second kappa shape index (κ2) is 8.35. The summed E-state index contributed by atoms with van der Waals surface area (Å²) in [5, 5.41) is 2.90. The molecule has 1 fully saturated rings. The van der Waals surface area contributed by atoms with Gasteiger partial charge < -0.3 is 20.5 Å². The van der Waals surface area contributed by atoms with Gasteiger partial charge in [0.25, 0.3) is 0 Å². The number of hydrogen-bond acceptors (Lipinski definition) is 5. The van der Waals surface area contributed by atoms with Crippen LogP contribution in [0.1, 0.15) is 26.3 Å². The molecule has 0 radical (unpaired) electrons. The van der Waals surface area contributed by atoms with Crippen LogP contribution in [0, 0.1) is 0 Å². The lowest BCUT2D eigenvalue weighted by molar-refractivity contribution is 0.0146.